The largest absolute Gasteiger partial charge is 0.497 e. The molecule has 2 aliphatic rings. The molecule has 6 heteroatoms. The van der Waals surface area contributed by atoms with E-state index in [0.717, 1.165) is 53.9 Å². The van der Waals surface area contributed by atoms with Gasteiger partial charge in [-0.15, -0.1) is 0 Å². The van der Waals surface area contributed by atoms with Crippen molar-refractivity contribution in [2.24, 2.45) is 11.3 Å². The van der Waals surface area contributed by atoms with Crippen molar-refractivity contribution in [1.29, 1.82) is 0 Å². The maximum absolute atomic E-state index is 13.5. The van der Waals surface area contributed by atoms with E-state index in [-0.39, 0.29) is 23.2 Å². The Balaban J connectivity index is 1.23. The molecule has 1 fully saturated rings. The number of rotatable bonds is 8. The minimum atomic E-state index is -0.252. The van der Waals surface area contributed by atoms with E-state index in [1.54, 1.807) is 19.2 Å². The number of carbonyl (C=O) groups excluding carboxylic acids is 1. The molecular weight excluding hydrogens is 501 g/mol. The molecule has 0 bridgehead atoms. The molecule has 1 unspecified atom stereocenters. The third-order valence-corrected chi connectivity index (χ3v) is 8.78. The third-order valence-electron chi connectivity index (χ3n) is 8.78. The van der Waals surface area contributed by atoms with Gasteiger partial charge in [0.05, 0.1) is 37.2 Å². The highest BCUT2D eigenvalue weighted by Crippen LogP contribution is 2.55. The van der Waals surface area contributed by atoms with Crippen LogP contribution in [0.1, 0.15) is 54.6 Å². The number of fused-ring (bicyclic) bond motifs is 2. The Morgan fingerprint density at radius 1 is 1.12 bits per heavy atom. The average molecular weight is 536 g/mol. The molecule has 0 saturated heterocycles. The summed E-state index contributed by atoms with van der Waals surface area (Å²) in [5.41, 5.74) is 6.65. The van der Waals surface area contributed by atoms with Crippen molar-refractivity contribution in [3.05, 3.63) is 119 Å². The number of ether oxygens (including phenoxy) is 1. The number of aromatic nitrogens is 2. The predicted molar refractivity (Wildman–Crippen MR) is 155 cm³/mol. The number of nitrogens with zero attached hydrogens (tertiary/aromatic N) is 2. The Morgan fingerprint density at radius 2 is 1.93 bits per heavy atom. The van der Waals surface area contributed by atoms with Crippen molar-refractivity contribution in [3.8, 4) is 11.4 Å². The summed E-state index contributed by atoms with van der Waals surface area (Å²) >= 11 is 0. The highest BCUT2D eigenvalue weighted by atomic mass is 19.1. The van der Waals surface area contributed by atoms with Crippen LogP contribution < -0.4 is 10.1 Å². The summed E-state index contributed by atoms with van der Waals surface area (Å²) in [5, 5.41) is 8.03. The van der Waals surface area contributed by atoms with Gasteiger partial charge in [-0.05, 0) is 96.2 Å². The molecule has 0 radical (unpaired) electrons. The van der Waals surface area contributed by atoms with E-state index in [2.05, 4.69) is 35.5 Å². The van der Waals surface area contributed by atoms with Crippen LogP contribution in [0, 0.1) is 17.2 Å². The smallest absolute Gasteiger partial charge is 0.224 e. The van der Waals surface area contributed by atoms with Gasteiger partial charge in [0, 0.05) is 0 Å². The van der Waals surface area contributed by atoms with Crippen LogP contribution in [-0.2, 0) is 17.6 Å². The van der Waals surface area contributed by atoms with Crippen LogP contribution >= 0.6 is 0 Å². The van der Waals surface area contributed by atoms with Crippen LogP contribution in [0.25, 0.3) is 11.8 Å². The zero-order valence-corrected chi connectivity index (χ0v) is 22.9. The van der Waals surface area contributed by atoms with E-state index in [1.165, 1.54) is 23.3 Å². The van der Waals surface area contributed by atoms with Crippen LogP contribution in [0.5, 0.6) is 5.75 Å². The number of benzene rings is 3. The lowest BCUT2D eigenvalue weighted by Gasteiger charge is -2.37. The van der Waals surface area contributed by atoms with Crippen LogP contribution in [0.2, 0.25) is 0 Å². The van der Waals surface area contributed by atoms with Gasteiger partial charge in [-0.1, -0.05) is 55.0 Å². The van der Waals surface area contributed by atoms with Crippen molar-refractivity contribution in [1.82, 2.24) is 15.1 Å². The molecule has 3 atom stereocenters. The van der Waals surface area contributed by atoms with E-state index in [4.69, 9.17) is 4.74 Å². The Hall–Kier alpha value is -4.19. The molecule has 6 rings (SSSR count). The van der Waals surface area contributed by atoms with Gasteiger partial charge in [0.1, 0.15) is 11.6 Å². The fourth-order valence-electron chi connectivity index (χ4n) is 6.56. The lowest BCUT2D eigenvalue weighted by molar-refractivity contribution is -0.121. The summed E-state index contributed by atoms with van der Waals surface area (Å²) < 4.78 is 20.8. The van der Waals surface area contributed by atoms with Crippen LogP contribution in [0.3, 0.4) is 0 Å². The van der Waals surface area contributed by atoms with Crippen LogP contribution in [0.4, 0.5) is 4.39 Å². The molecule has 40 heavy (non-hydrogen) atoms. The number of allylic oxidation sites excluding steroid dienone is 1. The summed E-state index contributed by atoms with van der Waals surface area (Å²) in [6, 6.07) is 24.4. The first-order valence-corrected chi connectivity index (χ1v) is 13.9. The highest BCUT2D eigenvalue weighted by Gasteiger charge is 2.46. The number of halogens is 1. The summed E-state index contributed by atoms with van der Waals surface area (Å²) in [6.45, 7) is 2.37. The fraction of sp³-hybridized carbons (Fsp3) is 0.294. The van der Waals surface area contributed by atoms with Gasteiger partial charge in [0.15, 0.2) is 0 Å². The Bertz CT molecular complexity index is 1540. The van der Waals surface area contributed by atoms with Crippen LogP contribution in [0.15, 0.2) is 90.6 Å². The lowest BCUT2D eigenvalue weighted by atomic mass is 9.68. The van der Waals surface area contributed by atoms with Crippen molar-refractivity contribution in [3.63, 3.8) is 0 Å². The standard InChI is InChI=1S/C34H34FN3O2/c1-34-21-25-22-36-38(29-15-13-28(35)14-16-29)32(25)20-27(34)12-11-26(34)19-31(24-8-4-3-5-9-24)37-33(39)18-23-7-6-10-30(17-23)40-2/h3-10,13-17,20,22,26,31H,11-12,18-19,21H2,1-2H3,(H,37,39)/t26-,31?,34-/m1/s1. The van der Waals surface area contributed by atoms with Crippen molar-refractivity contribution in [2.75, 3.05) is 7.11 Å². The molecule has 1 N–H and O–H groups in total. The average Bonchev–Trinajstić information content (AvgIpc) is 3.51. The number of nitrogens with one attached hydrogen (secondary N) is 1. The molecular formula is C34H34FN3O2. The monoisotopic (exact) mass is 535 g/mol. The molecule has 3 aromatic carbocycles. The zero-order chi connectivity index (χ0) is 27.7. The van der Waals surface area contributed by atoms with Gasteiger partial charge in [0.2, 0.25) is 5.91 Å². The van der Waals surface area contributed by atoms with Crippen molar-refractivity contribution < 1.29 is 13.9 Å². The van der Waals surface area contributed by atoms with Gasteiger partial charge in [-0.3, -0.25) is 4.79 Å². The van der Waals surface area contributed by atoms with Gasteiger partial charge >= 0.3 is 0 Å². The number of hydrogen-bond donors (Lipinski definition) is 1. The number of carbonyl (C=O) groups is 1. The Labute approximate surface area is 234 Å². The second-order valence-electron chi connectivity index (χ2n) is 11.2. The Morgan fingerprint density at radius 3 is 2.70 bits per heavy atom. The third kappa shape index (κ3) is 5.06. The van der Waals surface area contributed by atoms with Gasteiger partial charge in [0.25, 0.3) is 0 Å². The van der Waals surface area contributed by atoms with Gasteiger partial charge in [-0.25, -0.2) is 9.07 Å². The molecule has 0 aliphatic heterocycles. The summed E-state index contributed by atoms with van der Waals surface area (Å²) in [5.74, 6) is 0.913. The molecule has 1 amide bonds. The molecule has 1 saturated carbocycles. The van der Waals surface area contributed by atoms with E-state index in [0.29, 0.717) is 12.3 Å². The molecule has 1 heterocycles. The van der Waals surface area contributed by atoms with Gasteiger partial charge in [-0.2, -0.15) is 5.10 Å². The lowest BCUT2D eigenvalue weighted by Crippen LogP contribution is -2.35. The molecule has 5 nitrogen and oxygen atoms in total. The SMILES string of the molecule is COc1cccc(CC(=O)NC(C[C@H]2CCC3=Cc4c(cnn4-c4ccc(F)cc4)C[C@@]32C)c2ccccc2)c1. The first kappa shape index (κ1) is 26.1. The molecule has 204 valence electrons. The van der Waals surface area contributed by atoms with E-state index in [9.17, 15) is 9.18 Å². The maximum atomic E-state index is 13.5. The quantitative estimate of drug-likeness (QED) is 0.268. The Kier molecular flexibility index (Phi) is 7.01. The number of amides is 1. The summed E-state index contributed by atoms with van der Waals surface area (Å²) in [6.07, 6.45) is 8.42. The summed E-state index contributed by atoms with van der Waals surface area (Å²) in [7, 11) is 1.64. The minimum absolute atomic E-state index is 0.00574. The fourth-order valence-corrected chi connectivity index (χ4v) is 6.56. The predicted octanol–water partition coefficient (Wildman–Crippen LogP) is 6.87. The topological polar surface area (TPSA) is 56.1 Å². The first-order chi connectivity index (χ1) is 19.4. The number of methoxy groups -OCH3 is 1. The second kappa shape index (κ2) is 10.8. The normalized spacial score (nSPS) is 20.3. The molecule has 2 aliphatic carbocycles. The maximum Gasteiger partial charge on any atom is 0.224 e. The van der Waals surface area contributed by atoms with Crippen molar-refractivity contribution >= 4 is 12.0 Å². The zero-order valence-electron chi connectivity index (χ0n) is 22.9. The minimum Gasteiger partial charge on any atom is -0.497 e. The number of hydrogen-bond acceptors (Lipinski definition) is 3. The first-order valence-electron chi connectivity index (χ1n) is 13.9. The molecule has 0 spiro atoms. The van der Waals surface area contributed by atoms with E-state index >= 15 is 0 Å². The molecule has 4 aromatic rings. The van der Waals surface area contributed by atoms with E-state index < -0.39 is 0 Å². The van der Waals surface area contributed by atoms with Gasteiger partial charge < -0.3 is 10.1 Å². The van der Waals surface area contributed by atoms with Crippen molar-refractivity contribution in [2.45, 2.75) is 45.1 Å². The highest BCUT2D eigenvalue weighted by molar-refractivity contribution is 5.79. The second-order valence-corrected chi connectivity index (χ2v) is 11.2. The van der Waals surface area contributed by atoms with Crippen LogP contribution in [-0.4, -0.2) is 22.8 Å². The molecule has 1 aromatic heterocycles. The summed E-state index contributed by atoms with van der Waals surface area (Å²) in [4.78, 5) is 13.3. The van der Waals surface area contributed by atoms with E-state index in [1.807, 2.05) is 53.3 Å².